The van der Waals surface area contributed by atoms with Gasteiger partial charge in [0.25, 0.3) is 0 Å². The zero-order chi connectivity index (χ0) is 9.14. The molecule has 12 heavy (non-hydrogen) atoms. The van der Waals surface area contributed by atoms with Crippen LogP contribution in [0.1, 0.15) is 16.7 Å². The van der Waals surface area contributed by atoms with E-state index in [0.29, 0.717) is 0 Å². The van der Waals surface area contributed by atoms with Crippen molar-refractivity contribution in [2.45, 2.75) is 13.8 Å². The Morgan fingerprint density at radius 3 is 2.33 bits per heavy atom. The molecule has 62 valence electrons. The van der Waals surface area contributed by atoms with Crippen LogP contribution in [0.25, 0.3) is 6.08 Å². The van der Waals surface area contributed by atoms with Crippen molar-refractivity contribution in [3.63, 3.8) is 0 Å². The maximum Gasteiger partial charge on any atom is 0.0697 e. The van der Waals surface area contributed by atoms with Gasteiger partial charge in [-0.05, 0) is 49.4 Å². The molecule has 0 saturated heterocycles. The van der Waals surface area contributed by atoms with Crippen molar-refractivity contribution < 1.29 is 0 Å². The Morgan fingerprint density at radius 2 is 1.83 bits per heavy atom. The van der Waals surface area contributed by atoms with Gasteiger partial charge < -0.3 is 0 Å². The first kappa shape index (κ1) is 8.72. The molecule has 0 aliphatic heterocycles. The molecule has 0 bridgehead atoms. The molecular weight excluding hydrogens is 146 g/mol. The molecule has 1 aromatic rings. The van der Waals surface area contributed by atoms with Crippen molar-refractivity contribution in [1.82, 2.24) is 0 Å². The van der Waals surface area contributed by atoms with E-state index in [-0.39, 0.29) is 0 Å². The predicted octanol–water partition coefficient (Wildman–Crippen LogP) is 3.28. The van der Waals surface area contributed by atoms with Gasteiger partial charge in [-0.25, -0.2) is 0 Å². The highest BCUT2D eigenvalue weighted by Crippen LogP contribution is 2.23. The number of hydrogen-bond donors (Lipinski definition) is 0. The molecule has 0 amide bonds. The lowest BCUT2D eigenvalue weighted by atomic mass is 10.0. The zero-order valence-electron chi connectivity index (χ0n) is 7.59. The largest absolute Gasteiger partial charge is 0.264 e. The van der Waals surface area contributed by atoms with E-state index in [4.69, 9.17) is 0 Å². The second kappa shape index (κ2) is 3.35. The summed E-state index contributed by atoms with van der Waals surface area (Å²) in [5.74, 6) is 0. The summed E-state index contributed by atoms with van der Waals surface area (Å²) < 4.78 is 0. The number of benzene rings is 1. The molecule has 1 nitrogen and oxygen atoms in total. The minimum absolute atomic E-state index is 0.910. The van der Waals surface area contributed by atoms with Gasteiger partial charge in [0.15, 0.2) is 0 Å². The molecule has 0 N–H and O–H groups in total. The average molecular weight is 159 g/mol. The Kier molecular flexibility index (Phi) is 2.44. The zero-order valence-corrected chi connectivity index (χ0v) is 7.59. The third-order valence-electron chi connectivity index (χ3n) is 2.03. The van der Waals surface area contributed by atoms with E-state index in [2.05, 4.69) is 38.2 Å². The monoisotopic (exact) mass is 159 g/mol. The second-order valence-electron chi connectivity index (χ2n) is 2.86. The highest BCUT2D eigenvalue weighted by atomic mass is 14.7. The lowest BCUT2D eigenvalue weighted by Gasteiger charge is -2.04. The van der Waals surface area contributed by atoms with Gasteiger partial charge in [0.2, 0.25) is 0 Å². The van der Waals surface area contributed by atoms with E-state index in [1.54, 1.807) is 6.08 Å². The Bertz CT molecular complexity index is 291. The fourth-order valence-corrected chi connectivity index (χ4v) is 1.12. The summed E-state index contributed by atoms with van der Waals surface area (Å²) in [5, 5.41) is 0. The summed E-state index contributed by atoms with van der Waals surface area (Å²) in [4.78, 5) is 3.92. The molecule has 1 aromatic carbocycles. The van der Waals surface area contributed by atoms with Crippen LogP contribution < -0.4 is 0 Å². The van der Waals surface area contributed by atoms with E-state index in [1.807, 2.05) is 6.07 Å². The minimum atomic E-state index is 0.910. The minimum Gasteiger partial charge on any atom is -0.264 e. The third kappa shape index (κ3) is 1.45. The SMILES string of the molecule is C=Cc1cc(C)c(C)cc1N=C. The lowest BCUT2D eigenvalue weighted by Crippen LogP contribution is -1.82. The number of rotatable bonds is 2. The first-order valence-electron chi connectivity index (χ1n) is 3.89. The molecule has 1 rings (SSSR count). The van der Waals surface area contributed by atoms with E-state index in [1.165, 1.54) is 11.1 Å². The van der Waals surface area contributed by atoms with Crippen LogP contribution in [0.2, 0.25) is 0 Å². The van der Waals surface area contributed by atoms with Crippen LogP contribution in [-0.2, 0) is 0 Å². The fraction of sp³-hybridized carbons (Fsp3) is 0.182. The van der Waals surface area contributed by atoms with Gasteiger partial charge in [-0.2, -0.15) is 0 Å². The maximum atomic E-state index is 3.92. The Hall–Kier alpha value is -1.37. The van der Waals surface area contributed by atoms with E-state index >= 15 is 0 Å². The van der Waals surface area contributed by atoms with Crippen molar-refractivity contribution >= 4 is 18.5 Å². The van der Waals surface area contributed by atoms with Crippen molar-refractivity contribution in [3.05, 3.63) is 35.4 Å². The van der Waals surface area contributed by atoms with E-state index < -0.39 is 0 Å². The highest BCUT2D eigenvalue weighted by Gasteiger charge is 1.99. The van der Waals surface area contributed by atoms with E-state index in [9.17, 15) is 0 Å². The number of aryl methyl sites for hydroxylation is 2. The number of aliphatic imine (C=N–C) groups is 1. The Morgan fingerprint density at radius 1 is 1.25 bits per heavy atom. The van der Waals surface area contributed by atoms with Crippen molar-refractivity contribution in [3.8, 4) is 0 Å². The third-order valence-corrected chi connectivity index (χ3v) is 2.03. The standard InChI is InChI=1S/C11H13N/c1-5-10-6-8(2)9(3)7-11(10)12-4/h5-7H,1,4H2,2-3H3. The number of nitrogens with zero attached hydrogens (tertiary/aromatic N) is 1. The van der Waals surface area contributed by atoms with Crippen molar-refractivity contribution in [2.24, 2.45) is 4.99 Å². The summed E-state index contributed by atoms with van der Waals surface area (Å²) in [6.45, 7) is 11.4. The first-order valence-corrected chi connectivity index (χ1v) is 3.89. The normalized spacial score (nSPS) is 9.50. The van der Waals surface area contributed by atoms with Crippen molar-refractivity contribution in [2.75, 3.05) is 0 Å². The smallest absolute Gasteiger partial charge is 0.0697 e. The number of hydrogen-bond acceptors (Lipinski definition) is 1. The van der Waals surface area contributed by atoms with Gasteiger partial charge >= 0.3 is 0 Å². The van der Waals surface area contributed by atoms with Crippen molar-refractivity contribution in [1.29, 1.82) is 0 Å². The molecule has 0 radical (unpaired) electrons. The Labute approximate surface area is 73.5 Å². The molecule has 0 aliphatic carbocycles. The molecule has 0 aliphatic rings. The summed E-state index contributed by atoms with van der Waals surface area (Å²) in [6.07, 6.45) is 1.80. The summed E-state index contributed by atoms with van der Waals surface area (Å²) in [6, 6.07) is 4.10. The summed E-state index contributed by atoms with van der Waals surface area (Å²) in [7, 11) is 0. The molecule has 0 aromatic heterocycles. The van der Waals surface area contributed by atoms with Crippen LogP contribution in [-0.4, -0.2) is 6.72 Å². The van der Waals surface area contributed by atoms with Gasteiger partial charge in [-0.15, -0.1) is 0 Å². The van der Waals surface area contributed by atoms with Gasteiger partial charge in [0.05, 0.1) is 5.69 Å². The maximum absolute atomic E-state index is 3.92. The highest BCUT2D eigenvalue weighted by molar-refractivity contribution is 5.66. The van der Waals surface area contributed by atoms with Gasteiger partial charge in [-0.1, -0.05) is 12.7 Å². The molecule has 0 atom stereocenters. The average Bonchev–Trinajstić information content (AvgIpc) is 2.09. The van der Waals surface area contributed by atoms with Crippen LogP contribution in [0, 0.1) is 13.8 Å². The van der Waals surface area contributed by atoms with Crippen LogP contribution in [0.4, 0.5) is 5.69 Å². The molecular formula is C11H13N. The topological polar surface area (TPSA) is 12.4 Å². The molecule has 1 heteroatoms. The van der Waals surface area contributed by atoms with Gasteiger partial charge in [0.1, 0.15) is 0 Å². The summed E-state index contributed by atoms with van der Waals surface area (Å²) in [5.41, 5.74) is 4.46. The Balaban J connectivity index is 3.37. The van der Waals surface area contributed by atoms with Crippen LogP contribution in [0.3, 0.4) is 0 Å². The lowest BCUT2D eigenvalue weighted by molar-refractivity contribution is 1.32. The van der Waals surface area contributed by atoms with Crippen LogP contribution >= 0.6 is 0 Å². The summed E-state index contributed by atoms with van der Waals surface area (Å²) >= 11 is 0. The molecule has 0 fully saturated rings. The molecule has 0 unspecified atom stereocenters. The van der Waals surface area contributed by atoms with Gasteiger partial charge in [0, 0.05) is 0 Å². The predicted molar refractivity (Wildman–Crippen MR) is 55.2 cm³/mol. The second-order valence-corrected chi connectivity index (χ2v) is 2.86. The van der Waals surface area contributed by atoms with E-state index in [0.717, 1.165) is 11.3 Å². The quantitative estimate of drug-likeness (QED) is 0.587. The van der Waals surface area contributed by atoms with Gasteiger partial charge in [-0.3, -0.25) is 4.99 Å². The van der Waals surface area contributed by atoms with Crippen LogP contribution in [0.5, 0.6) is 0 Å². The molecule has 0 spiro atoms. The molecule has 0 saturated carbocycles. The fourth-order valence-electron chi connectivity index (χ4n) is 1.12. The molecule has 0 heterocycles. The first-order chi connectivity index (χ1) is 5.69. The van der Waals surface area contributed by atoms with Crippen LogP contribution in [0.15, 0.2) is 23.7 Å².